The Hall–Kier alpha value is -1.01. The molecule has 0 aliphatic rings. The van der Waals surface area contributed by atoms with Crippen LogP contribution in [0.4, 0.5) is 0 Å². The summed E-state index contributed by atoms with van der Waals surface area (Å²) in [6.45, 7) is 0.235. The predicted octanol–water partition coefficient (Wildman–Crippen LogP) is 3.55. The fourth-order valence-corrected chi connectivity index (χ4v) is 1.89. The highest BCUT2D eigenvalue weighted by atomic mass is 127. The standard InChI is InChI=1S/C12H11IO3/c1-14-8-15-10-6-9-4-2-3-5-11(9)12(7-10)16-13/h2-7H,8H2,1H3. The smallest absolute Gasteiger partial charge is 0.192 e. The Morgan fingerprint density at radius 2 is 2.00 bits per heavy atom. The summed E-state index contributed by atoms with van der Waals surface area (Å²) >= 11 is 1.87. The first-order valence-electron chi connectivity index (χ1n) is 4.78. The molecular weight excluding hydrogens is 319 g/mol. The molecule has 0 fully saturated rings. The quantitative estimate of drug-likeness (QED) is 0.634. The van der Waals surface area contributed by atoms with Crippen LogP contribution >= 0.6 is 23.0 Å². The number of ether oxygens (including phenoxy) is 2. The van der Waals surface area contributed by atoms with Gasteiger partial charge < -0.3 is 12.5 Å². The number of hydrogen-bond donors (Lipinski definition) is 0. The molecule has 0 N–H and O–H groups in total. The monoisotopic (exact) mass is 330 g/mol. The number of methoxy groups -OCH3 is 1. The fraction of sp³-hybridized carbons (Fsp3) is 0.167. The molecule has 0 amide bonds. The van der Waals surface area contributed by atoms with Gasteiger partial charge in [-0.3, -0.25) is 0 Å². The molecule has 0 heterocycles. The van der Waals surface area contributed by atoms with E-state index in [9.17, 15) is 0 Å². The van der Waals surface area contributed by atoms with Gasteiger partial charge >= 0.3 is 0 Å². The molecular formula is C12H11IO3. The van der Waals surface area contributed by atoms with Crippen LogP contribution in [0.1, 0.15) is 0 Å². The van der Waals surface area contributed by atoms with Crippen LogP contribution in [-0.2, 0) is 4.74 Å². The van der Waals surface area contributed by atoms with Gasteiger partial charge in [0, 0.05) is 18.6 Å². The van der Waals surface area contributed by atoms with Crippen molar-refractivity contribution in [3.05, 3.63) is 36.4 Å². The molecule has 4 heteroatoms. The molecule has 2 aromatic rings. The molecule has 16 heavy (non-hydrogen) atoms. The average molecular weight is 330 g/mol. The number of benzene rings is 2. The van der Waals surface area contributed by atoms with Crippen LogP contribution in [0, 0.1) is 0 Å². The minimum atomic E-state index is 0.235. The summed E-state index contributed by atoms with van der Waals surface area (Å²) in [5, 5.41) is 2.16. The van der Waals surface area contributed by atoms with Crippen molar-refractivity contribution >= 4 is 33.8 Å². The van der Waals surface area contributed by atoms with Crippen LogP contribution < -0.4 is 7.80 Å². The van der Waals surface area contributed by atoms with Crippen molar-refractivity contribution in [1.82, 2.24) is 0 Å². The lowest BCUT2D eigenvalue weighted by Gasteiger charge is -2.09. The maximum atomic E-state index is 5.40. The zero-order chi connectivity index (χ0) is 11.4. The van der Waals surface area contributed by atoms with Crippen LogP contribution in [-0.4, -0.2) is 13.9 Å². The molecule has 0 aromatic heterocycles. The molecule has 0 bridgehead atoms. The molecule has 3 nitrogen and oxygen atoms in total. The van der Waals surface area contributed by atoms with Gasteiger partial charge in [0.1, 0.15) is 11.5 Å². The van der Waals surface area contributed by atoms with E-state index in [2.05, 4.69) is 0 Å². The summed E-state index contributed by atoms with van der Waals surface area (Å²) in [5.41, 5.74) is 0. The normalized spacial score (nSPS) is 10.4. The fourth-order valence-electron chi connectivity index (χ4n) is 1.52. The summed E-state index contributed by atoms with van der Waals surface area (Å²) in [5.74, 6) is 1.54. The van der Waals surface area contributed by atoms with Gasteiger partial charge in [-0.1, -0.05) is 24.3 Å². The third kappa shape index (κ3) is 2.38. The van der Waals surface area contributed by atoms with E-state index in [4.69, 9.17) is 12.5 Å². The third-order valence-corrected chi connectivity index (χ3v) is 2.70. The Morgan fingerprint density at radius 1 is 1.19 bits per heavy atom. The maximum Gasteiger partial charge on any atom is 0.192 e. The summed E-state index contributed by atoms with van der Waals surface area (Å²) in [7, 11) is 1.59. The van der Waals surface area contributed by atoms with Gasteiger partial charge in [0.05, 0.1) is 0 Å². The Kier molecular flexibility index (Phi) is 3.84. The first-order chi connectivity index (χ1) is 7.85. The number of rotatable bonds is 4. The Bertz CT molecular complexity index is 485. The van der Waals surface area contributed by atoms with Crippen molar-refractivity contribution in [1.29, 1.82) is 0 Å². The zero-order valence-corrected chi connectivity index (χ0v) is 10.9. The van der Waals surface area contributed by atoms with Crippen molar-refractivity contribution in [3.63, 3.8) is 0 Å². The van der Waals surface area contributed by atoms with Gasteiger partial charge in [0.15, 0.2) is 29.8 Å². The van der Waals surface area contributed by atoms with Gasteiger partial charge in [-0.05, 0) is 11.5 Å². The molecule has 0 atom stereocenters. The lowest BCUT2D eigenvalue weighted by atomic mass is 10.1. The topological polar surface area (TPSA) is 27.7 Å². The molecule has 0 aliphatic heterocycles. The van der Waals surface area contributed by atoms with Gasteiger partial charge in [-0.15, -0.1) is 0 Å². The van der Waals surface area contributed by atoms with E-state index in [-0.39, 0.29) is 6.79 Å². The average Bonchev–Trinajstić information content (AvgIpc) is 2.35. The second-order valence-corrected chi connectivity index (χ2v) is 3.71. The predicted molar refractivity (Wildman–Crippen MR) is 71.1 cm³/mol. The van der Waals surface area contributed by atoms with Gasteiger partial charge in [0.2, 0.25) is 0 Å². The Balaban J connectivity index is 2.46. The van der Waals surface area contributed by atoms with Crippen molar-refractivity contribution in [2.24, 2.45) is 0 Å². The van der Waals surface area contributed by atoms with Crippen LogP contribution in [0.2, 0.25) is 0 Å². The largest absolute Gasteiger partial charge is 0.467 e. The van der Waals surface area contributed by atoms with Gasteiger partial charge in [-0.2, -0.15) is 0 Å². The van der Waals surface area contributed by atoms with E-state index in [1.165, 1.54) is 0 Å². The Morgan fingerprint density at radius 3 is 2.75 bits per heavy atom. The highest BCUT2D eigenvalue weighted by Crippen LogP contribution is 2.32. The molecule has 0 aliphatic carbocycles. The van der Waals surface area contributed by atoms with Crippen LogP contribution in [0.5, 0.6) is 11.5 Å². The summed E-state index contributed by atoms with van der Waals surface area (Å²) in [6, 6.07) is 11.8. The van der Waals surface area contributed by atoms with Crippen LogP contribution in [0.3, 0.4) is 0 Å². The summed E-state index contributed by atoms with van der Waals surface area (Å²) in [4.78, 5) is 0. The lowest BCUT2D eigenvalue weighted by Crippen LogP contribution is -1.98. The highest BCUT2D eigenvalue weighted by Gasteiger charge is 2.05. The minimum Gasteiger partial charge on any atom is -0.467 e. The minimum absolute atomic E-state index is 0.235. The van der Waals surface area contributed by atoms with E-state index in [0.29, 0.717) is 0 Å². The molecule has 0 radical (unpaired) electrons. The van der Waals surface area contributed by atoms with E-state index >= 15 is 0 Å². The second-order valence-electron chi connectivity index (χ2n) is 3.27. The van der Waals surface area contributed by atoms with Crippen molar-refractivity contribution in [3.8, 4) is 11.5 Å². The second kappa shape index (κ2) is 5.36. The first-order valence-corrected chi connectivity index (χ1v) is 5.66. The van der Waals surface area contributed by atoms with E-state index in [1.807, 2.05) is 59.4 Å². The van der Waals surface area contributed by atoms with E-state index < -0.39 is 0 Å². The maximum absolute atomic E-state index is 5.40. The lowest BCUT2D eigenvalue weighted by molar-refractivity contribution is 0.0512. The Labute approximate surface area is 108 Å². The molecule has 0 unspecified atom stereocenters. The van der Waals surface area contributed by atoms with E-state index in [1.54, 1.807) is 7.11 Å². The summed E-state index contributed by atoms with van der Waals surface area (Å²) in [6.07, 6.45) is 0. The van der Waals surface area contributed by atoms with Gasteiger partial charge in [-0.25, -0.2) is 0 Å². The molecule has 2 aromatic carbocycles. The van der Waals surface area contributed by atoms with Crippen LogP contribution in [0.15, 0.2) is 36.4 Å². The summed E-state index contributed by atoms with van der Waals surface area (Å²) < 4.78 is 15.6. The van der Waals surface area contributed by atoms with E-state index in [0.717, 1.165) is 22.3 Å². The third-order valence-electron chi connectivity index (χ3n) is 2.22. The number of fused-ring (bicyclic) bond motifs is 1. The number of hydrogen-bond acceptors (Lipinski definition) is 3. The first kappa shape index (κ1) is 11.5. The van der Waals surface area contributed by atoms with Gasteiger partial charge in [0.25, 0.3) is 0 Å². The zero-order valence-electron chi connectivity index (χ0n) is 8.77. The van der Waals surface area contributed by atoms with Crippen molar-refractivity contribution in [2.75, 3.05) is 13.9 Å². The molecule has 0 saturated carbocycles. The molecule has 2 rings (SSSR count). The SMILES string of the molecule is COCOc1cc(OI)c2ccccc2c1. The van der Waals surface area contributed by atoms with Crippen LogP contribution in [0.25, 0.3) is 10.8 Å². The molecule has 0 saturated heterocycles. The number of halogens is 1. The van der Waals surface area contributed by atoms with Crippen molar-refractivity contribution in [2.45, 2.75) is 0 Å². The van der Waals surface area contributed by atoms with Crippen molar-refractivity contribution < 1.29 is 12.5 Å². The molecule has 0 spiro atoms. The molecule has 84 valence electrons. The highest BCUT2D eigenvalue weighted by molar-refractivity contribution is 14.1.